The molecule has 0 aromatic heterocycles. The third-order valence-corrected chi connectivity index (χ3v) is 1.43. The summed E-state index contributed by atoms with van der Waals surface area (Å²) in [5, 5.41) is 8.26. The molecule has 0 saturated carbocycles. The molecule has 0 aromatic carbocycles. The number of carboxylic acid groups (broad SMARTS) is 1. The molecule has 0 aliphatic carbocycles. The number of esters is 1. The summed E-state index contributed by atoms with van der Waals surface area (Å²) in [5.41, 5.74) is 0. The summed E-state index contributed by atoms with van der Waals surface area (Å²) in [6, 6.07) is 0. The van der Waals surface area contributed by atoms with Crippen LogP contribution in [0.4, 0.5) is 0 Å². The van der Waals surface area contributed by atoms with E-state index in [0.29, 0.717) is 19.3 Å². The van der Waals surface area contributed by atoms with Crippen molar-refractivity contribution >= 4 is 11.9 Å². The van der Waals surface area contributed by atoms with Crippen LogP contribution in [0.3, 0.4) is 0 Å². The van der Waals surface area contributed by atoms with Gasteiger partial charge in [-0.3, -0.25) is 0 Å². The van der Waals surface area contributed by atoms with Gasteiger partial charge in [-0.25, -0.2) is 9.59 Å². The molecule has 0 spiro atoms. The van der Waals surface area contributed by atoms with E-state index in [2.05, 4.69) is 0 Å². The predicted octanol–water partition coefficient (Wildman–Crippen LogP) is 0.569. The molecule has 92 valence electrons. The molecule has 0 bridgehead atoms. The van der Waals surface area contributed by atoms with Crippen LogP contribution in [0, 0.1) is 0 Å². The molecule has 0 aromatic rings. The fourth-order valence-corrected chi connectivity index (χ4v) is 0.854. The van der Waals surface area contributed by atoms with Crippen molar-refractivity contribution in [2.24, 2.45) is 0 Å². The molecule has 6 nitrogen and oxygen atoms in total. The summed E-state index contributed by atoms with van der Waals surface area (Å²) in [6.45, 7) is 4.39. The zero-order valence-corrected chi connectivity index (χ0v) is 9.34. The molecule has 0 amide bonds. The topological polar surface area (TPSA) is 82.1 Å². The summed E-state index contributed by atoms with van der Waals surface area (Å²) in [5.74, 6) is -1.95. The van der Waals surface area contributed by atoms with Gasteiger partial charge in [-0.1, -0.05) is 0 Å². The quantitative estimate of drug-likeness (QED) is 0.374. The Morgan fingerprint density at radius 1 is 1.19 bits per heavy atom. The summed E-state index contributed by atoms with van der Waals surface area (Å²) < 4.78 is 15.0. The normalized spacial score (nSPS) is 10.9. The van der Waals surface area contributed by atoms with E-state index in [1.165, 1.54) is 0 Å². The minimum Gasteiger partial charge on any atom is -0.478 e. The van der Waals surface area contributed by atoms with Crippen molar-refractivity contribution in [1.82, 2.24) is 0 Å². The molecule has 0 saturated heterocycles. The molecule has 0 aliphatic heterocycles. The average Bonchev–Trinajstić information content (AvgIpc) is 2.23. The Morgan fingerprint density at radius 3 is 2.19 bits per heavy atom. The molecule has 0 rings (SSSR count). The second kappa shape index (κ2) is 8.87. The van der Waals surface area contributed by atoms with Crippen LogP contribution in [0.2, 0.25) is 0 Å². The first-order chi connectivity index (χ1) is 7.60. The standard InChI is InChI=1S/C10H16O6/c1-3-14-10(15-4-2)7-16-9(13)6-5-8(11)12/h5-6,10H,3-4,7H2,1-2H3,(H,11,12)/b6-5-. The SMILES string of the molecule is CCOC(COC(=O)/C=C\C(=O)O)OCC. The van der Waals surface area contributed by atoms with Crippen LogP contribution in [0.15, 0.2) is 12.2 Å². The van der Waals surface area contributed by atoms with Crippen molar-refractivity contribution in [2.45, 2.75) is 20.1 Å². The van der Waals surface area contributed by atoms with Crippen molar-refractivity contribution in [2.75, 3.05) is 19.8 Å². The minimum absolute atomic E-state index is 0.0650. The van der Waals surface area contributed by atoms with Gasteiger partial charge in [-0.15, -0.1) is 0 Å². The van der Waals surface area contributed by atoms with Gasteiger partial charge in [-0.05, 0) is 13.8 Å². The molecule has 0 aliphatic rings. The smallest absolute Gasteiger partial charge is 0.331 e. The molecule has 1 N–H and O–H groups in total. The van der Waals surface area contributed by atoms with E-state index in [0.717, 1.165) is 6.08 Å². The Bertz CT molecular complexity index is 242. The van der Waals surface area contributed by atoms with E-state index in [4.69, 9.17) is 19.3 Å². The highest BCUT2D eigenvalue weighted by molar-refractivity contribution is 5.90. The van der Waals surface area contributed by atoms with Crippen molar-refractivity contribution < 1.29 is 28.9 Å². The molecule has 16 heavy (non-hydrogen) atoms. The number of carbonyl (C=O) groups is 2. The Balaban J connectivity index is 3.90. The fraction of sp³-hybridized carbons (Fsp3) is 0.600. The van der Waals surface area contributed by atoms with Gasteiger partial charge in [0, 0.05) is 25.4 Å². The van der Waals surface area contributed by atoms with Crippen molar-refractivity contribution in [1.29, 1.82) is 0 Å². The van der Waals surface area contributed by atoms with Gasteiger partial charge < -0.3 is 19.3 Å². The molecule has 0 radical (unpaired) electrons. The fourth-order valence-electron chi connectivity index (χ4n) is 0.854. The Hall–Kier alpha value is -1.40. The lowest BCUT2D eigenvalue weighted by Gasteiger charge is -2.15. The zero-order chi connectivity index (χ0) is 12.4. The third kappa shape index (κ3) is 7.95. The molecule has 0 unspecified atom stereocenters. The van der Waals surface area contributed by atoms with Crippen LogP contribution in [0.25, 0.3) is 0 Å². The number of hydrogen-bond acceptors (Lipinski definition) is 5. The summed E-state index contributed by atoms with van der Waals surface area (Å²) in [4.78, 5) is 21.1. The van der Waals surface area contributed by atoms with Crippen molar-refractivity contribution in [3.05, 3.63) is 12.2 Å². The highest BCUT2D eigenvalue weighted by atomic mass is 16.7. The molecule has 6 heteroatoms. The maximum atomic E-state index is 11.0. The number of carboxylic acids is 1. The number of hydrogen-bond donors (Lipinski definition) is 1. The van der Waals surface area contributed by atoms with E-state index in [1.807, 2.05) is 0 Å². The van der Waals surface area contributed by atoms with Crippen LogP contribution < -0.4 is 0 Å². The number of aliphatic carboxylic acids is 1. The van der Waals surface area contributed by atoms with E-state index in [-0.39, 0.29) is 6.61 Å². The maximum Gasteiger partial charge on any atom is 0.331 e. The Morgan fingerprint density at radius 2 is 1.75 bits per heavy atom. The first-order valence-electron chi connectivity index (χ1n) is 4.91. The summed E-state index contributed by atoms with van der Waals surface area (Å²) >= 11 is 0. The lowest BCUT2D eigenvalue weighted by atomic mass is 10.5. The van der Waals surface area contributed by atoms with Gasteiger partial charge in [0.25, 0.3) is 0 Å². The van der Waals surface area contributed by atoms with Crippen molar-refractivity contribution in [3.8, 4) is 0 Å². The second-order valence-corrected chi connectivity index (χ2v) is 2.64. The predicted molar refractivity (Wildman–Crippen MR) is 54.8 cm³/mol. The van der Waals surface area contributed by atoms with E-state index in [1.54, 1.807) is 13.8 Å². The van der Waals surface area contributed by atoms with Crippen LogP contribution in [0.5, 0.6) is 0 Å². The van der Waals surface area contributed by atoms with Crippen molar-refractivity contribution in [3.63, 3.8) is 0 Å². The van der Waals surface area contributed by atoms with Gasteiger partial charge in [0.1, 0.15) is 6.61 Å². The Labute approximate surface area is 93.8 Å². The third-order valence-electron chi connectivity index (χ3n) is 1.43. The maximum absolute atomic E-state index is 11.0. The lowest BCUT2D eigenvalue weighted by Crippen LogP contribution is -2.24. The number of ether oxygens (including phenoxy) is 3. The van der Waals surface area contributed by atoms with Crippen LogP contribution in [-0.2, 0) is 23.8 Å². The largest absolute Gasteiger partial charge is 0.478 e. The Kier molecular flexibility index (Phi) is 8.10. The average molecular weight is 232 g/mol. The summed E-state index contributed by atoms with van der Waals surface area (Å²) in [7, 11) is 0. The van der Waals surface area contributed by atoms with Crippen LogP contribution >= 0.6 is 0 Å². The first kappa shape index (κ1) is 14.6. The van der Waals surface area contributed by atoms with Crippen LogP contribution in [-0.4, -0.2) is 43.2 Å². The van der Waals surface area contributed by atoms with Gasteiger partial charge in [0.05, 0.1) is 0 Å². The molecule has 0 fully saturated rings. The van der Waals surface area contributed by atoms with E-state index < -0.39 is 18.2 Å². The molecule has 0 atom stereocenters. The molecule has 0 heterocycles. The van der Waals surface area contributed by atoms with E-state index >= 15 is 0 Å². The highest BCUT2D eigenvalue weighted by Gasteiger charge is 2.10. The van der Waals surface area contributed by atoms with Crippen LogP contribution in [0.1, 0.15) is 13.8 Å². The number of rotatable bonds is 8. The van der Waals surface area contributed by atoms with Gasteiger partial charge >= 0.3 is 11.9 Å². The summed E-state index contributed by atoms with van der Waals surface area (Å²) in [6.07, 6.45) is 0.924. The highest BCUT2D eigenvalue weighted by Crippen LogP contribution is 1.97. The monoisotopic (exact) mass is 232 g/mol. The lowest BCUT2D eigenvalue weighted by molar-refractivity contribution is -0.176. The van der Waals surface area contributed by atoms with Gasteiger partial charge in [-0.2, -0.15) is 0 Å². The van der Waals surface area contributed by atoms with E-state index in [9.17, 15) is 9.59 Å². The first-order valence-corrected chi connectivity index (χ1v) is 4.91. The minimum atomic E-state index is -1.21. The number of carbonyl (C=O) groups excluding carboxylic acids is 1. The van der Waals surface area contributed by atoms with Gasteiger partial charge in [0.2, 0.25) is 0 Å². The molecular formula is C10H16O6. The zero-order valence-electron chi connectivity index (χ0n) is 9.34. The van der Waals surface area contributed by atoms with Gasteiger partial charge in [0.15, 0.2) is 6.29 Å². The second-order valence-electron chi connectivity index (χ2n) is 2.64. The molecular weight excluding hydrogens is 216 g/mol.